The molecule has 2 nitrogen and oxygen atoms in total. The van der Waals surface area contributed by atoms with E-state index in [1.165, 1.54) is 12.1 Å². The van der Waals surface area contributed by atoms with Crippen LogP contribution in [-0.2, 0) is 11.2 Å². The third-order valence-corrected chi connectivity index (χ3v) is 2.91. The van der Waals surface area contributed by atoms with E-state index in [9.17, 15) is 9.18 Å². The summed E-state index contributed by atoms with van der Waals surface area (Å²) in [6.45, 7) is 3.57. The number of rotatable bonds is 0. The fourth-order valence-corrected chi connectivity index (χ4v) is 2.20. The standard InChI is InChI=1S/C12H14FNO/c1-8-3-4-10-7-11(13)5-6-12(10)14(8)9(2)15/h5-8H,3-4H2,1-2H3. The lowest BCUT2D eigenvalue weighted by Gasteiger charge is -2.34. The van der Waals surface area contributed by atoms with Gasteiger partial charge in [0.25, 0.3) is 0 Å². The molecule has 1 unspecified atom stereocenters. The van der Waals surface area contributed by atoms with Crippen LogP contribution in [0.3, 0.4) is 0 Å². The number of carbonyl (C=O) groups is 1. The summed E-state index contributed by atoms with van der Waals surface area (Å²) in [7, 11) is 0. The van der Waals surface area contributed by atoms with Gasteiger partial charge >= 0.3 is 0 Å². The summed E-state index contributed by atoms with van der Waals surface area (Å²) in [5.41, 5.74) is 1.80. The first kappa shape index (κ1) is 10.1. The van der Waals surface area contributed by atoms with Crippen LogP contribution in [0.15, 0.2) is 18.2 Å². The number of nitrogens with zero attached hydrogens (tertiary/aromatic N) is 1. The molecule has 0 saturated carbocycles. The summed E-state index contributed by atoms with van der Waals surface area (Å²) >= 11 is 0. The van der Waals surface area contributed by atoms with Gasteiger partial charge in [-0.2, -0.15) is 0 Å². The van der Waals surface area contributed by atoms with Crippen LogP contribution in [0.25, 0.3) is 0 Å². The number of aryl methyl sites for hydroxylation is 1. The van der Waals surface area contributed by atoms with Gasteiger partial charge in [0.1, 0.15) is 5.82 Å². The van der Waals surface area contributed by atoms with Crippen LogP contribution in [-0.4, -0.2) is 11.9 Å². The third-order valence-electron chi connectivity index (χ3n) is 2.91. The van der Waals surface area contributed by atoms with E-state index >= 15 is 0 Å². The van der Waals surface area contributed by atoms with E-state index < -0.39 is 0 Å². The molecule has 0 aromatic heterocycles. The van der Waals surface area contributed by atoms with Gasteiger partial charge in [-0.3, -0.25) is 4.79 Å². The summed E-state index contributed by atoms with van der Waals surface area (Å²) in [6.07, 6.45) is 1.74. The highest BCUT2D eigenvalue weighted by Crippen LogP contribution is 2.31. The Labute approximate surface area is 88.7 Å². The number of fused-ring (bicyclic) bond motifs is 1. The molecular formula is C12H14FNO. The minimum absolute atomic E-state index is 0.0232. The van der Waals surface area contributed by atoms with Crippen LogP contribution in [0.5, 0.6) is 0 Å². The van der Waals surface area contributed by atoms with Crippen LogP contribution in [0.2, 0.25) is 0 Å². The van der Waals surface area contributed by atoms with Gasteiger partial charge in [0, 0.05) is 18.7 Å². The van der Waals surface area contributed by atoms with Crippen LogP contribution >= 0.6 is 0 Å². The maximum atomic E-state index is 13.0. The second kappa shape index (κ2) is 3.65. The zero-order chi connectivity index (χ0) is 11.0. The summed E-state index contributed by atoms with van der Waals surface area (Å²) < 4.78 is 13.0. The molecule has 2 rings (SSSR count). The van der Waals surface area contributed by atoms with Gasteiger partial charge < -0.3 is 4.90 Å². The number of amides is 1. The van der Waals surface area contributed by atoms with Crippen LogP contribution < -0.4 is 4.90 Å². The summed E-state index contributed by atoms with van der Waals surface area (Å²) in [4.78, 5) is 13.2. The van der Waals surface area contributed by atoms with Gasteiger partial charge in [0.05, 0.1) is 0 Å². The SMILES string of the molecule is CC(=O)N1c2ccc(F)cc2CCC1C. The first-order valence-corrected chi connectivity index (χ1v) is 5.18. The van der Waals surface area contributed by atoms with Crippen molar-refractivity contribution in [2.75, 3.05) is 4.90 Å². The van der Waals surface area contributed by atoms with Crippen LogP contribution in [0.1, 0.15) is 25.8 Å². The van der Waals surface area contributed by atoms with Crippen molar-refractivity contribution < 1.29 is 9.18 Å². The van der Waals surface area contributed by atoms with E-state index in [2.05, 4.69) is 0 Å². The molecule has 0 radical (unpaired) electrons. The number of carbonyl (C=O) groups excluding carboxylic acids is 1. The smallest absolute Gasteiger partial charge is 0.224 e. The monoisotopic (exact) mass is 207 g/mol. The van der Waals surface area contributed by atoms with E-state index in [1.54, 1.807) is 17.9 Å². The molecule has 0 N–H and O–H groups in total. The Morgan fingerprint density at radius 3 is 2.93 bits per heavy atom. The number of benzene rings is 1. The first-order chi connectivity index (χ1) is 7.09. The van der Waals surface area contributed by atoms with Crippen molar-refractivity contribution in [1.82, 2.24) is 0 Å². The Morgan fingerprint density at radius 1 is 1.53 bits per heavy atom. The molecule has 80 valence electrons. The fraction of sp³-hybridized carbons (Fsp3) is 0.417. The first-order valence-electron chi connectivity index (χ1n) is 5.18. The normalized spacial score (nSPS) is 19.9. The molecule has 1 aliphatic heterocycles. The molecular weight excluding hydrogens is 193 g/mol. The molecule has 0 fully saturated rings. The number of hydrogen-bond acceptors (Lipinski definition) is 1. The Kier molecular flexibility index (Phi) is 2.47. The highest BCUT2D eigenvalue weighted by Gasteiger charge is 2.25. The number of halogens is 1. The molecule has 1 amide bonds. The van der Waals surface area contributed by atoms with Crippen molar-refractivity contribution in [1.29, 1.82) is 0 Å². The van der Waals surface area contributed by atoms with Crippen LogP contribution in [0, 0.1) is 5.82 Å². The Bertz CT molecular complexity index is 403. The zero-order valence-corrected chi connectivity index (χ0v) is 8.96. The predicted octanol–water partition coefficient (Wildman–Crippen LogP) is 2.51. The van der Waals surface area contributed by atoms with Gasteiger partial charge in [-0.25, -0.2) is 4.39 Å². The van der Waals surface area contributed by atoms with Gasteiger partial charge in [-0.05, 0) is 43.5 Å². The fourth-order valence-electron chi connectivity index (χ4n) is 2.20. The molecule has 0 aliphatic carbocycles. The second-order valence-corrected chi connectivity index (χ2v) is 4.05. The summed E-state index contributed by atoms with van der Waals surface area (Å²) in [5.74, 6) is -0.207. The van der Waals surface area contributed by atoms with E-state index in [1.807, 2.05) is 6.92 Å². The molecule has 1 atom stereocenters. The minimum Gasteiger partial charge on any atom is -0.310 e. The number of anilines is 1. The lowest BCUT2D eigenvalue weighted by molar-refractivity contribution is -0.117. The van der Waals surface area contributed by atoms with Crippen molar-refractivity contribution in [3.05, 3.63) is 29.6 Å². The lowest BCUT2D eigenvalue weighted by atomic mass is 9.96. The molecule has 1 heterocycles. The van der Waals surface area contributed by atoms with Crippen molar-refractivity contribution in [3.8, 4) is 0 Å². The van der Waals surface area contributed by atoms with E-state index in [4.69, 9.17) is 0 Å². The van der Waals surface area contributed by atoms with Gasteiger partial charge in [-0.1, -0.05) is 0 Å². The zero-order valence-electron chi connectivity index (χ0n) is 8.96. The van der Waals surface area contributed by atoms with Crippen molar-refractivity contribution in [3.63, 3.8) is 0 Å². The van der Waals surface area contributed by atoms with E-state index in [0.717, 1.165) is 24.1 Å². The third kappa shape index (κ3) is 1.74. The van der Waals surface area contributed by atoms with Crippen molar-refractivity contribution >= 4 is 11.6 Å². The summed E-state index contributed by atoms with van der Waals surface area (Å²) in [5, 5.41) is 0. The van der Waals surface area contributed by atoms with Crippen molar-refractivity contribution in [2.45, 2.75) is 32.7 Å². The average Bonchev–Trinajstić information content (AvgIpc) is 2.17. The minimum atomic E-state index is -0.230. The van der Waals surface area contributed by atoms with E-state index in [0.29, 0.717) is 0 Å². The van der Waals surface area contributed by atoms with Crippen molar-refractivity contribution in [2.24, 2.45) is 0 Å². The molecule has 1 aliphatic rings. The highest BCUT2D eigenvalue weighted by molar-refractivity contribution is 5.93. The Morgan fingerprint density at radius 2 is 2.27 bits per heavy atom. The Balaban J connectivity index is 2.48. The maximum Gasteiger partial charge on any atom is 0.224 e. The highest BCUT2D eigenvalue weighted by atomic mass is 19.1. The average molecular weight is 207 g/mol. The topological polar surface area (TPSA) is 20.3 Å². The second-order valence-electron chi connectivity index (χ2n) is 4.05. The predicted molar refractivity (Wildman–Crippen MR) is 57.3 cm³/mol. The molecule has 1 aromatic carbocycles. The Hall–Kier alpha value is -1.38. The molecule has 15 heavy (non-hydrogen) atoms. The maximum absolute atomic E-state index is 13.0. The largest absolute Gasteiger partial charge is 0.310 e. The van der Waals surface area contributed by atoms with Gasteiger partial charge in [-0.15, -0.1) is 0 Å². The lowest BCUT2D eigenvalue weighted by Crippen LogP contribution is -2.40. The summed E-state index contributed by atoms with van der Waals surface area (Å²) in [6, 6.07) is 4.84. The van der Waals surface area contributed by atoms with E-state index in [-0.39, 0.29) is 17.8 Å². The molecule has 3 heteroatoms. The number of hydrogen-bond donors (Lipinski definition) is 0. The molecule has 0 saturated heterocycles. The quantitative estimate of drug-likeness (QED) is 0.640. The van der Waals surface area contributed by atoms with Gasteiger partial charge in [0.2, 0.25) is 5.91 Å². The van der Waals surface area contributed by atoms with Gasteiger partial charge in [0.15, 0.2) is 0 Å². The molecule has 0 bridgehead atoms. The van der Waals surface area contributed by atoms with Crippen LogP contribution in [0.4, 0.5) is 10.1 Å². The molecule has 0 spiro atoms. The molecule has 1 aromatic rings.